The minimum Gasteiger partial charge on any atom is -0.494 e. The van der Waals surface area contributed by atoms with Crippen LogP contribution in [-0.4, -0.2) is 43.6 Å². The Kier molecular flexibility index (Phi) is 6.13. The van der Waals surface area contributed by atoms with E-state index in [1.165, 1.54) is 5.56 Å². The molecule has 0 saturated carbocycles. The second-order valence-corrected chi connectivity index (χ2v) is 7.13. The second-order valence-electron chi connectivity index (χ2n) is 7.13. The number of nitrogens with one attached hydrogen (secondary N) is 1. The summed E-state index contributed by atoms with van der Waals surface area (Å²) in [5.41, 5.74) is 1.21. The molecule has 0 radical (unpaired) electrons. The van der Waals surface area contributed by atoms with Gasteiger partial charge in [0.05, 0.1) is 6.61 Å². The molecule has 2 fully saturated rings. The maximum Gasteiger partial charge on any atom is 0.222 e. The monoisotopic (exact) mass is 330 g/mol. The lowest BCUT2D eigenvalue weighted by Gasteiger charge is -2.21. The van der Waals surface area contributed by atoms with Gasteiger partial charge in [0.1, 0.15) is 5.75 Å². The summed E-state index contributed by atoms with van der Waals surface area (Å²) in [6.45, 7) is 7.01. The number of likely N-dealkylation sites (tertiary alicyclic amines) is 1. The minimum atomic E-state index is 0.314. The smallest absolute Gasteiger partial charge is 0.222 e. The average molecular weight is 330 g/mol. The lowest BCUT2D eigenvalue weighted by Crippen LogP contribution is -2.32. The number of rotatable bonds is 6. The summed E-state index contributed by atoms with van der Waals surface area (Å²) >= 11 is 0. The van der Waals surface area contributed by atoms with E-state index in [1.807, 2.05) is 12.1 Å². The number of ether oxygens (including phenoxy) is 1. The molecule has 1 amide bonds. The summed E-state index contributed by atoms with van der Waals surface area (Å²) in [6, 6.07) is 8.18. The van der Waals surface area contributed by atoms with Crippen LogP contribution in [0.3, 0.4) is 0 Å². The fourth-order valence-electron chi connectivity index (χ4n) is 3.85. The fourth-order valence-corrected chi connectivity index (χ4v) is 3.85. The number of fused-ring (bicyclic) bond motifs is 1. The highest BCUT2D eigenvalue weighted by molar-refractivity contribution is 5.76. The van der Waals surface area contributed by atoms with Crippen LogP contribution in [0.1, 0.15) is 38.2 Å². The van der Waals surface area contributed by atoms with Crippen LogP contribution in [0, 0.1) is 11.8 Å². The molecule has 0 aromatic heterocycles. The van der Waals surface area contributed by atoms with E-state index in [0.717, 1.165) is 76.1 Å². The van der Waals surface area contributed by atoms with Crippen molar-refractivity contribution in [3.63, 3.8) is 0 Å². The maximum absolute atomic E-state index is 12.5. The lowest BCUT2D eigenvalue weighted by atomic mass is 9.92. The van der Waals surface area contributed by atoms with Crippen LogP contribution in [0.2, 0.25) is 0 Å². The Bertz CT molecular complexity index is 515. The van der Waals surface area contributed by atoms with E-state index in [1.54, 1.807) is 0 Å². The van der Waals surface area contributed by atoms with Crippen molar-refractivity contribution in [1.82, 2.24) is 10.2 Å². The third kappa shape index (κ3) is 4.50. The molecular weight excluding hydrogens is 300 g/mol. The number of benzene rings is 1. The third-order valence-electron chi connectivity index (χ3n) is 5.40. The summed E-state index contributed by atoms with van der Waals surface area (Å²) in [5, 5.41) is 3.49. The number of nitrogens with zero attached hydrogens (tertiary/aromatic N) is 1. The quantitative estimate of drug-likeness (QED) is 0.872. The van der Waals surface area contributed by atoms with Crippen LogP contribution in [0.4, 0.5) is 0 Å². The predicted molar refractivity (Wildman–Crippen MR) is 96.2 cm³/mol. The van der Waals surface area contributed by atoms with Gasteiger partial charge in [-0.1, -0.05) is 19.1 Å². The molecule has 4 nitrogen and oxygen atoms in total. The van der Waals surface area contributed by atoms with Crippen LogP contribution in [0.5, 0.6) is 5.75 Å². The zero-order chi connectivity index (χ0) is 16.8. The normalized spacial score (nSPS) is 23.6. The third-order valence-corrected chi connectivity index (χ3v) is 5.40. The zero-order valence-corrected chi connectivity index (χ0v) is 14.8. The van der Waals surface area contributed by atoms with Crippen molar-refractivity contribution >= 4 is 5.91 Å². The van der Waals surface area contributed by atoms with E-state index in [9.17, 15) is 4.79 Å². The van der Waals surface area contributed by atoms with E-state index in [2.05, 4.69) is 29.3 Å². The maximum atomic E-state index is 12.5. The van der Waals surface area contributed by atoms with E-state index < -0.39 is 0 Å². The Balaban J connectivity index is 1.45. The first kappa shape index (κ1) is 17.3. The minimum absolute atomic E-state index is 0.314. The summed E-state index contributed by atoms with van der Waals surface area (Å²) in [6.07, 6.45) is 4.77. The molecule has 4 heteroatoms. The highest BCUT2D eigenvalue weighted by Crippen LogP contribution is 2.27. The fraction of sp³-hybridized carbons (Fsp3) is 0.650. The van der Waals surface area contributed by atoms with Gasteiger partial charge in [0, 0.05) is 19.5 Å². The van der Waals surface area contributed by atoms with Gasteiger partial charge in [-0.2, -0.15) is 0 Å². The molecule has 2 atom stereocenters. The van der Waals surface area contributed by atoms with Gasteiger partial charge in [0.25, 0.3) is 0 Å². The van der Waals surface area contributed by atoms with Crippen molar-refractivity contribution in [3.05, 3.63) is 29.8 Å². The molecule has 1 aromatic rings. The van der Waals surface area contributed by atoms with Gasteiger partial charge < -0.3 is 15.0 Å². The molecule has 0 bridgehead atoms. The van der Waals surface area contributed by atoms with Crippen LogP contribution in [0.25, 0.3) is 0 Å². The molecule has 1 aromatic carbocycles. The number of amides is 1. The van der Waals surface area contributed by atoms with Gasteiger partial charge in [0.15, 0.2) is 0 Å². The Labute approximate surface area is 145 Å². The van der Waals surface area contributed by atoms with Crippen LogP contribution < -0.4 is 10.1 Å². The largest absolute Gasteiger partial charge is 0.494 e. The first-order chi connectivity index (χ1) is 11.8. The first-order valence-corrected chi connectivity index (χ1v) is 9.46. The Hall–Kier alpha value is -1.55. The second kappa shape index (κ2) is 8.52. The average Bonchev–Trinajstić information content (AvgIpc) is 2.97. The molecule has 1 N–H and O–H groups in total. The molecule has 2 heterocycles. The summed E-state index contributed by atoms with van der Waals surface area (Å²) in [5.74, 6) is 2.78. The Morgan fingerprint density at radius 2 is 1.83 bits per heavy atom. The van der Waals surface area contributed by atoms with Crippen molar-refractivity contribution in [2.45, 2.75) is 39.0 Å². The highest BCUT2D eigenvalue weighted by Gasteiger charge is 2.31. The molecule has 24 heavy (non-hydrogen) atoms. The van der Waals surface area contributed by atoms with Crippen LogP contribution in [-0.2, 0) is 11.2 Å². The number of hydrogen-bond acceptors (Lipinski definition) is 3. The topological polar surface area (TPSA) is 41.6 Å². The van der Waals surface area contributed by atoms with Gasteiger partial charge >= 0.3 is 0 Å². The van der Waals surface area contributed by atoms with Crippen molar-refractivity contribution in [2.75, 3.05) is 32.8 Å². The van der Waals surface area contributed by atoms with Crippen LogP contribution in [0.15, 0.2) is 24.3 Å². The van der Waals surface area contributed by atoms with Gasteiger partial charge in [-0.05, 0) is 68.3 Å². The zero-order valence-electron chi connectivity index (χ0n) is 14.8. The number of aryl methyl sites for hydroxylation is 1. The molecule has 2 aliphatic heterocycles. The standard InChI is InChI=1S/C20H30N2O2/c1-2-13-24-19-6-3-16(4-7-19)5-8-20(23)22-11-9-17-14-21-15-18(17)10-12-22/h3-4,6-7,17-18,21H,2,5,8-15H2,1H3/t17-,18+. The van der Waals surface area contributed by atoms with E-state index in [0.29, 0.717) is 12.3 Å². The molecule has 3 rings (SSSR count). The molecule has 2 aliphatic rings. The molecule has 132 valence electrons. The van der Waals surface area contributed by atoms with Crippen molar-refractivity contribution in [3.8, 4) is 5.75 Å². The molecule has 2 saturated heterocycles. The number of hydrogen-bond donors (Lipinski definition) is 1. The van der Waals surface area contributed by atoms with Gasteiger partial charge in [0.2, 0.25) is 5.91 Å². The van der Waals surface area contributed by atoms with Crippen molar-refractivity contribution in [2.24, 2.45) is 11.8 Å². The molecular formula is C20H30N2O2. The lowest BCUT2D eigenvalue weighted by molar-refractivity contribution is -0.131. The van der Waals surface area contributed by atoms with Crippen molar-refractivity contribution in [1.29, 1.82) is 0 Å². The first-order valence-electron chi connectivity index (χ1n) is 9.46. The summed E-state index contributed by atoms with van der Waals surface area (Å²) in [7, 11) is 0. The Morgan fingerprint density at radius 1 is 1.17 bits per heavy atom. The molecule has 0 aliphatic carbocycles. The summed E-state index contributed by atoms with van der Waals surface area (Å²) < 4.78 is 5.60. The van der Waals surface area contributed by atoms with E-state index in [-0.39, 0.29) is 0 Å². The molecule has 0 unspecified atom stereocenters. The van der Waals surface area contributed by atoms with E-state index >= 15 is 0 Å². The Morgan fingerprint density at radius 3 is 2.46 bits per heavy atom. The predicted octanol–water partition coefficient (Wildman–Crippen LogP) is 2.87. The SMILES string of the molecule is CCCOc1ccc(CCC(=O)N2CC[C@@H]3CNC[C@@H]3CC2)cc1. The number of carbonyl (C=O) groups excluding carboxylic acids is 1. The molecule has 0 spiro atoms. The van der Waals surface area contributed by atoms with Gasteiger partial charge in [-0.15, -0.1) is 0 Å². The van der Waals surface area contributed by atoms with Crippen LogP contribution >= 0.6 is 0 Å². The van der Waals surface area contributed by atoms with Crippen molar-refractivity contribution < 1.29 is 9.53 Å². The summed E-state index contributed by atoms with van der Waals surface area (Å²) in [4.78, 5) is 14.6. The number of carbonyl (C=O) groups is 1. The van der Waals surface area contributed by atoms with Gasteiger partial charge in [-0.25, -0.2) is 0 Å². The van der Waals surface area contributed by atoms with E-state index in [4.69, 9.17) is 4.74 Å². The highest BCUT2D eigenvalue weighted by atomic mass is 16.5. The van der Waals surface area contributed by atoms with Gasteiger partial charge in [-0.3, -0.25) is 4.79 Å².